The number of likely N-dealkylation sites (N-methyl/N-ethyl adjacent to an activating group) is 1. The van der Waals surface area contributed by atoms with Gasteiger partial charge in [0.15, 0.2) is 5.78 Å². The molecule has 0 unspecified atom stereocenters. The van der Waals surface area contributed by atoms with E-state index < -0.39 is 0 Å². The second kappa shape index (κ2) is 8.67. The number of nitrogens with zero attached hydrogens (tertiary/aromatic N) is 2. The predicted octanol–water partition coefficient (Wildman–Crippen LogP) is 2.10. The summed E-state index contributed by atoms with van der Waals surface area (Å²) in [5, 5.41) is 3.96. The van der Waals surface area contributed by atoms with Crippen molar-refractivity contribution < 1.29 is 14.3 Å². The highest BCUT2D eigenvalue weighted by molar-refractivity contribution is 6.07. The molecule has 6 nitrogen and oxygen atoms in total. The largest absolute Gasteiger partial charge is 0.380 e. The van der Waals surface area contributed by atoms with Crippen LogP contribution in [-0.2, 0) is 22.5 Å². The summed E-state index contributed by atoms with van der Waals surface area (Å²) in [6.45, 7) is 7.72. The highest BCUT2D eigenvalue weighted by atomic mass is 16.5. The maximum atomic E-state index is 12.6. The molecule has 0 spiro atoms. The minimum atomic E-state index is -0.0418. The highest BCUT2D eigenvalue weighted by Crippen LogP contribution is 2.25. The zero-order chi connectivity index (χ0) is 19.4. The van der Waals surface area contributed by atoms with Gasteiger partial charge in [0.25, 0.3) is 0 Å². The number of benzene rings is 1. The number of amides is 1. The van der Waals surface area contributed by atoms with Gasteiger partial charge >= 0.3 is 0 Å². The Balaban J connectivity index is 1.73. The standard InChI is InChI=1S/C21H29N3O3/c1-4-17-6-5-7-18-19(15(2)25)12-24(21(17)18)13-20(26)22-10-16-11-23(3)8-9-27-14-16/h5-7,12,16H,4,8-11,13-14H2,1-3H3,(H,22,26)/t16-/m0/s1. The summed E-state index contributed by atoms with van der Waals surface area (Å²) in [4.78, 5) is 26.8. The van der Waals surface area contributed by atoms with Crippen molar-refractivity contribution >= 4 is 22.6 Å². The van der Waals surface area contributed by atoms with Crippen LogP contribution in [0.25, 0.3) is 10.9 Å². The summed E-state index contributed by atoms with van der Waals surface area (Å²) >= 11 is 0. The average molecular weight is 371 g/mol. The molecule has 146 valence electrons. The maximum Gasteiger partial charge on any atom is 0.239 e. The summed E-state index contributed by atoms with van der Waals surface area (Å²) < 4.78 is 7.52. The predicted molar refractivity (Wildman–Crippen MR) is 106 cm³/mol. The van der Waals surface area contributed by atoms with Gasteiger partial charge in [-0.05, 0) is 26.0 Å². The van der Waals surface area contributed by atoms with E-state index in [1.165, 1.54) is 0 Å². The topological polar surface area (TPSA) is 63.6 Å². The van der Waals surface area contributed by atoms with Gasteiger partial charge in [0.2, 0.25) is 5.91 Å². The van der Waals surface area contributed by atoms with E-state index in [2.05, 4.69) is 30.3 Å². The number of carbonyl (C=O) groups excluding carboxylic acids is 2. The Bertz CT molecular complexity index is 827. The van der Waals surface area contributed by atoms with Crippen LogP contribution in [0.2, 0.25) is 0 Å². The molecule has 1 fully saturated rings. The molecule has 0 aliphatic carbocycles. The number of aryl methyl sites for hydroxylation is 1. The molecule has 1 atom stereocenters. The molecule has 1 aromatic carbocycles. The minimum Gasteiger partial charge on any atom is -0.380 e. The van der Waals surface area contributed by atoms with Gasteiger partial charge in [-0.3, -0.25) is 9.59 Å². The summed E-state index contributed by atoms with van der Waals surface area (Å²) in [5.74, 6) is 0.271. The Kier molecular flexibility index (Phi) is 6.29. The van der Waals surface area contributed by atoms with E-state index >= 15 is 0 Å². The number of hydrogen-bond donors (Lipinski definition) is 1. The van der Waals surface area contributed by atoms with E-state index in [0.717, 1.165) is 42.6 Å². The van der Waals surface area contributed by atoms with Crippen LogP contribution < -0.4 is 5.32 Å². The fourth-order valence-electron chi connectivity index (χ4n) is 3.78. The van der Waals surface area contributed by atoms with Crippen molar-refractivity contribution in [1.82, 2.24) is 14.8 Å². The lowest BCUT2D eigenvalue weighted by atomic mass is 10.1. The summed E-state index contributed by atoms with van der Waals surface area (Å²) in [7, 11) is 2.07. The van der Waals surface area contributed by atoms with Crippen LogP contribution in [0.15, 0.2) is 24.4 Å². The zero-order valence-electron chi connectivity index (χ0n) is 16.5. The Labute approximate surface area is 160 Å². The van der Waals surface area contributed by atoms with Crippen LogP contribution in [-0.4, -0.2) is 61.1 Å². The monoisotopic (exact) mass is 371 g/mol. The lowest BCUT2D eigenvalue weighted by molar-refractivity contribution is -0.121. The number of rotatable bonds is 6. The molecule has 2 aromatic rings. The first-order chi connectivity index (χ1) is 13.0. The molecule has 3 rings (SSSR count). The van der Waals surface area contributed by atoms with E-state index in [1.54, 1.807) is 6.92 Å². The second-order valence-electron chi connectivity index (χ2n) is 7.40. The smallest absolute Gasteiger partial charge is 0.239 e. The third kappa shape index (κ3) is 4.57. The van der Waals surface area contributed by atoms with Gasteiger partial charge in [0.05, 0.1) is 18.7 Å². The number of Topliss-reactive ketones (excluding diaryl/α,β-unsaturated/α-hetero) is 1. The lowest BCUT2D eigenvalue weighted by Crippen LogP contribution is -2.37. The summed E-state index contributed by atoms with van der Waals surface area (Å²) in [6.07, 6.45) is 2.67. The molecule has 2 heterocycles. The van der Waals surface area contributed by atoms with Crippen LogP contribution in [0, 0.1) is 5.92 Å². The molecule has 1 aliphatic heterocycles. The first-order valence-electron chi connectivity index (χ1n) is 9.64. The van der Waals surface area contributed by atoms with Crippen LogP contribution in [0.4, 0.5) is 0 Å². The maximum absolute atomic E-state index is 12.6. The number of para-hydroxylation sites is 1. The van der Waals surface area contributed by atoms with Crippen molar-refractivity contribution in [2.45, 2.75) is 26.8 Å². The number of fused-ring (bicyclic) bond motifs is 1. The van der Waals surface area contributed by atoms with Gasteiger partial charge in [0, 0.05) is 42.7 Å². The zero-order valence-corrected chi connectivity index (χ0v) is 16.5. The van der Waals surface area contributed by atoms with Crippen LogP contribution in [0.5, 0.6) is 0 Å². The first-order valence-corrected chi connectivity index (χ1v) is 9.64. The Hall–Kier alpha value is -2.18. The molecular weight excluding hydrogens is 342 g/mol. The molecule has 6 heteroatoms. The van der Waals surface area contributed by atoms with Gasteiger partial charge < -0.3 is 19.5 Å². The van der Waals surface area contributed by atoms with Crippen molar-refractivity contribution in [3.8, 4) is 0 Å². The first kappa shape index (κ1) is 19.6. The number of nitrogens with one attached hydrogen (secondary N) is 1. The number of hydrogen-bond acceptors (Lipinski definition) is 4. The van der Waals surface area contributed by atoms with Gasteiger partial charge in [-0.1, -0.05) is 25.1 Å². The molecule has 0 radical (unpaired) electrons. The van der Waals surface area contributed by atoms with E-state index in [9.17, 15) is 9.59 Å². The molecular formula is C21H29N3O3. The molecule has 0 bridgehead atoms. The second-order valence-corrected chi connectivity index (χ2v) is 7.40. The quantitative estimate of drug-likeness (QED) is 0.790. The van der Waals surface area contributed by atoms with Crippen LogP contribution >= 0.6 is 0 Å². The average Bonchev–Trinajstić information content (AvgIpc) is 2.88. The third-order valence-corrected chi connectivity index (χ3v) is 5.18. The Morgan fingerprint density at radius 1 is 1.33 bits per heavy atom. The molecule has 0 saturated carbocycles. The number of carbonyl (C=O) groups is 2. The Morgan fingerprint density at radius 3 is 2.89 bits per heavy atom. The number of ether oxygens (including phenoxy) is 1. The molecule has 1 aliphatic rings. The van der Waals surface area contributed by atoms with Gasteiger partial charge in [-0.15, -0.1) is 0 Å². The molecule has 1 amide bonds. The fourth-order valence-corrected chi connectivity index (χ4v) is 3.78. The van der Waals surface area contributed by atoms with Crippen LogP contribution in [0.3, 0.4) is 0 Å². The fraction of sp³-hybridized carbons (Fsp3) is 0.524. The minimum absolute atomic E-state index is 0.0195. The van der Waals surface area contributed by atoms with Crippen molar-refractivity contribution in [2.24, 2.45) is 5.92 Å². The highest BCUT2D eigenvalue weighted by Gasteiger charge is 2.19. The van der Waals surface area contributed by atoms with Gasteiger partial charge in [0.1, 0.15) is 6.54 Å². The lowest BCUT2D eigenvalue weighted by Gasteiger charge is -2.19. The normalized spacial score (nSPS) is 18.4. The van der Waals surface area contributed by atoms with Crippen molar-refractivity contribution in [3.63, 3.8) is 0 Å². The van der Waals surface area contributed by atoms with E-state index in [1.807, 2.05) is 22.9 Å². The summed E-state index contributed by atoms with van der Waals surface area (Å²) in [6, 6.07) is 5.98. The van der Waals surface area contributed by atoms with Gasteiger partial charge in [-0.2, -0.15) is 0 Å². The van der Waals surface area contributed by atoms with Crippen molar-refractivity contribution in [1.29, 1.82) is 0 Å². The molecule has 1 aromatic heterocycles. The van der Waals surface area contributed by atoms with E-state index in [0.29, 0.717) is 24.6 Å². The summed E-state index contributed by atoms with van der Waals surface area (Å²) in [5.41, 5.74) is 2.80. The third-order valence-electron chi connectivity index (χ3n) is 5.18. The Morgan fingerprint density at radius 2 is 2.15 bits per heavy atom. The molecule has 1 N–H and O–H groups in total. The SMILES string of the molecule is CCc1cccc2c(C(C)=O)cn(CC(=O)NC[C@@H]3COCCN(C)C3)c12. The van der Waals surface area contributed by atoms with Crippen molar-refractivity contribution in [2.75, 3.05) is 39.9 Å². The number of aromatic nitrogens is 1. The van der Waals surface area contributed by atoms with Crippen molar-refractivity contribution in [3.05, 3.63) is 35.5 Å². The van der Waals surface area contributed by atoms with E-state index in [4.69, 9.17) is 4.74 Å². The van der Waals surface area contributed by atoms with Gasteiger partial charge in [-0.25, -0.2) is 0 Å². The van der Waals surface area contributed by atoms with E-state index in [-0.39, 0.29) is 18.2 Å². The van der Waals surface area contributed by atoms with Crippen LogP contribution in [0.1, 0.15) is 29.8 Å². The molecule has 27 heavy (non-hydrogen) atoms. The number of ketones is 1. The molecule has 1 saturated heterocycles.